The summed E-state index contributed by atoms with van der Waals surface area (Å²) >= 11 is 0. The topological polar surface area (TPSA) is 62.2 Å². The van der Waals surface area contributed by atoms with Crippen LogP contribution in [0.2, 0.25) is 0 Å². The van der Waals surface area contributed by atoms with Gasteiger partial charge in [-0.1, -0.05) is 12.5 Å². The van der Waals surface area contributed by atoms with Crippen molar-refractivity contribution < 1.29 is 9.90 Å². The molecule has 1 aliphatic carbocycles. The normalized spacial score (nSPS) is 15.2. The summed E-state index contributed by atoms with van der Waals surface area (Å²) < 4.78 is 0. The van der Waals surface area contributed by atoms with Gasteiger partial charge >= 0.3 is 5.97 Å². The predicted molar refractivity (Wildman–Crippen MR) is 74.5 cm³/mol. The van der Waals surface area contributed by atoms with E-state index in [1.165, 1.54) is 19.3 Å². The van der Waals surface area contributed by atoms with Crippen LogP contribution in [-0.4, -0.2) is 22.6 Å². The maximum Gasteiger partial charge on any atom is 0.336 e. The number of rotatable bonds is 4. The highest BCUT2D eigenvalue weighted by Crippen LogP contribution is 2.26. The number of carboxylic acids is 1. The smallest absolute Gasteiger partial charge is 0.336 e. The number of nitrogens with one attached hydrogen (secondary N) is 1. The van der Waals surface area contributed by atoms with Crippen molar-refractivity contribution in [1.82, 2.24) is 4.98 Å². The van der Waals surface area contributed by atoms with Crippen molar-refractivity contribution in [2.24, 2.45) is 5.92 Å². The molecule has 1 fully saturated rings. The second kappa shape index (κ2) is 4.88. The van der Waals surface area contributed by atoms with Crippen molar-refractivity contribution in [2.75, 3.05) is 11.9 Å². The number of carboxylic acid groups (broad SMARTS) is 1. The quantitative estimate of drug-likeness (QED) is 0.882. The average molecular weight is 256 g/mol. The van der Waals surface area contributed by atoms with Gasteiger partial charge in [-0.05, 0) is 43.0 Å². The minimum absolute atomic E-state index is 0.301. The number of benzene rings is 1. The zero-order valence-electron chi connectivity index (χ0n) is 10.6. The van der Waals surface area contributed by atoms with Gasteiger partial charge in [0.05, 0.1) is 11.1 Å². The van der Waals surface area contributed by atoms with Crippen molar-refractivity contribution in [3.05, 3.63) is 35.9 Å². The Labute approximate surface area is 111 Å². The molecule has 1 aromatic carbocycles. The molecule has 98 valence electrons. The molecule has 0 amide bonds. The number of anilines is 1. The van der Waals surface area contributed by atoms with Crippen LogP contribution in [0, 0.1) is 5.92 Å². The first-order chi connectivity index (χ1) is 9.24. The molecular formula is C15H16N2O2. The second-order valence-corrected chi connectivity index (χ2v) is 5.05. The van der Waals surface area contributed by atoms with Gasteiger partial charge in [0.1, 0.15) is 5.82 Å². The lowest BCUT2D eigenvalue weighted by atomic mass is 9.85. The lowest BCUT2D eigenvalue weighted by molar-refractivity contribution is 0.0699. The molecule has 0 atom stereocenters. The predicted octanol–water partition coefficient (Wildman–Crippen LogP) is 3.15. The molecule has 1 saturated carbocycles. The van der Waals surface area contributed by atoms with Crippen molar-refractivity contribution in [1.29, 1.82) is 0 Å². The Morgan fingerprint density at radius 1 is 1.32 bits per heavy atom. The summed E-state index contributed by atoms with van der Waals surface area (Å²) in [4.78, 5) is 15.6. The number of aromatic nitrogens is 1. The fourth-order valence-corrected chi connectivity index (χ4v) is 2.39. The van der Waals surface area contributed by atoms with E-state index in [1.54, 1.807) is 12.1 Å². The van der Waals surface area contributed by atoms with E-state index in [0.29, 0.717) is 10.9 Å². The van der Waals surface area contributed by atoms with E-state index in [2.05, 4.69) is 10.3 Å². The van der Waals surface area contributed by atoms with Crippen molar-refractivity contribution in [2.45, 2.75) is 19.3 Å². The molecule has 0 bridgehead atoms. The van der Waals surface area contributed by atoms with Crippen LogP contribution in [0.5, 0.6) is 0 Å². The number of fused-ring (bicyclic) bond motifs is 1. The Morgan fingerprint density at radius 3 is 2.84 bits per heavy atom. The largest absolute Gasteiger partial charge is 0.478 e. The summed E-state index contributed by atoms with van der Waals surface area (Å²) in [5.41, 5.74) is 1.02. The standard InChI is InChI=1S/C15H16N2O2/c18-15(19)12-5-2-6-13-11(12)7-8-14(17-13)16-9-10-3-1-4-10/h2,5-8,10H,1,3-4,9H2,(H,16,17)(H,18,19). The molecule has 3 rings (SSSR count). The molecular weight excluding hydrogens is 240 g/mol. The first-order valence-corrected chi connectivity index (χ1v) is 6.61. The molecule has 1 heterocycles. The van der Waals surface area contributed by atoms with Crippen LogP contribution in [-0.2, 0) is 0 Å². The molecule has 4 nitrogen and oxygen atoms in total. The highest BCUT2D eigenvalue weighted by Gasteiger charge is 2.17. The Morgan fingerprint density at radius 2 is 2.16 bits per heavy atom. The Hall–Kier alpha value is -2.10. The third-order valence-corrected chi connectivity index (χ3v) is 3.76. The molecule has 19 heavy (non-hydrogen) atoms. The van der Waals surface area contributed by atoms with Crippen LogP contribution < -0.4 is 5.32 Å². The van der Waals surface area contributed by atoms with Gasteiger partial charge in [0.25, 0.3) is 0 Å². The molecule has 0 saturated heterocycles. The SMILES string of the molecule is O=C(O)c1cccc2nc(NCC3CCC3)ccc12. The molecule has 2 N–H and O–H groups in total. The van der Waals surface area contributed by atoms with Gasteiger partial charge in [0.2, 0.25) is 0 Å². The lowest BCUT2D eigenvalue weighted by Crippen LogP contribution is -2.21. The second-order valence-electron chi connectivity index (χ2n) is 5.05. The number of nitrogens with zero attached hydrogens (tertiary/aromatic N) is 1. The van der Waals surface area contributed by atoms with E-state index >= 15 is 0 Å². The summed E-state index contributed by atoms with van der Waals surface area (Å²) in [5, 5.41) is 13.1. The molecule has 0 aliphatic heterocycles. The number of aromatic carboxylic acids is 1. The Balaban J connectivity index is 1.86. The summed E-state index contributed by atoms with van der Waals surface area (Å²) in [7, 11) is 0. The minimum Gasteiger partial charge on any atom is -0.478 e. The highest BCUT2D eigenvalue weighted by molar-refractivity contribution is 6.02. The number of pyridine rings is 1. The maximum absolute atomic E-state index is 11.1. The summed E-state index contributed by atoms with van der Waals surface area (Å²) in [6.07, 6.45) is 3.92. The zero-order valence-corrected chi connectivity index (χ0v) is 10.6. The van der Waals surface area contributed by atoms with E-state index < -0.39 is 5.97 Å². The average Bonchev–Trinajstić information content (AvgIpc) is 2.35. The van der Waals surface area contributed by atoms with Gasteiger partial charge in [-0.2, -0.15) is 0 Å². The van der Waals surface area contributed by atoms with E-state index in [-0.39, 0.29) is 0 Å². The van der Waals surface area contributed by atoms with Crippen LogP contribution in [0.1, 0.15) is 29.6 Å². The van der Waals surface area contributed by atoms with Crippen LogP contribution in [0.25, 0.3) is 10.9 Å². The van der Waals surface area contributed by atoms with Crippen molar-refractivity contribution in [3.8, 4) is 0 Å². The monoisotopic (exact) mass is 256 g/mol. The van der Waals surface area contributed by atoms with Gasteiger partial charge in [-0.25, -0.2) is 9.78 Å². The fourth-order valence-electron chi connectivity index (χ4n) is 2.39. The van der Waals surface area contributed by atoms with E-state index in [4.69, 9.17) is 5.11 Å². The van der Waals surface area contributed by atoms with Crippen molar-refractivity contribution >= 4 is 22.7 Å². The van der Waals surface area contributed by atoms with Crippen LogP contribution in [0.3, 0.4) is 0 Å². The van der Waals surface area contributed by atoms with E-state index in [0.717, 1.165) is 23.8 Å². The first-order valence-electron chi connectivity index (χ1n) is 6.61. The van der Waals surface area contributed by atoms with Gasteiger partial charge < -0.3 is 10.4 Å². The van der Waals surface area contributed by atoms with Gasteiger partial charge in [0, 0.05) is 11.9 Å². The highest BCUT2D eigenvalue weighted by atomic mass is 16.4. The first kappa shape index (κ1) is 12.0. The summed E-state index contributed by atoms with van der Waals surface area (Å²) in [6, 6.07) is 8.86. The number of hydrogen-bond acceptors (Lipinski definition) is 3. The van der Waals surface area contributed by atoms with Gasteiger partial charge in [0.15, 0.2) is 0 Å². The molecule has 2 aromatic rings. The molecule has 4 heteroatoms. The molecule has 1 aliphatic rings. The number of carbonyl (C=O) groups is 1. The van der Waals surface area contributed by atoms with E-state index in [1.807, 2.05) is 18.2 Å². The molecule has 0 unspecified atom stereocenters. The molecule has 0 radical (unpaired) electrons. The van der Waals surface area contributed by atoms with Crippen LogP contribution >= 0.6 is 0 Å². The van der Waals surface area contributed by atoms with Crippen molar-refractivity contribution in [3.63, 3.8) is 0 Å². The molecule has 1 aromatic heterocycles. The van der Waals surface area contributed by atoms with Gasteiger partial charge in [-0.3, -0.25) is 0 Å². The van der Waals surface area contributed by atoms with Crippen LogP contribution in [0.4, 0.5) is 5.82 Å². The summed E-state index contributed by atoms with van der Waals surface area (Å²) in [6.45, 7) is 0.955. The van der Waals surface area contributed by atoms with Gasteiger partial charge in [-0.15, -0.1) is 0 Å². The maximum atomic E-state index is 11.1. The van der Waals surface area contributed by atoms with E-state index in [9.17, 15) is 4.79 Å². The fraction of sp³-hybridized carbons (Fsp3) is 0.333. The number of hydrogen-bond donors (Lipinski definition) is 2. The minimum atomic E-state index is -0.914. The zero-order chi connectivity index (χ0) is 13.2. The lowest BCUT2D eigenvalue weighted by Gasteiger charge is -2.25. The third kappa shape index (κ3) is 2.38. The molecule has 0 spiro atoms. The Kier molecular flexibility index (Phi) is 3.07. The van der Waals surface area contributed by atoms with Crippen LogP contribution in [0.15, 0.2) is 30.3 Å². The third-order valence-electron chi connectivity index (χ3n) is 3.76. The Bertz CT molecular complexity index is 621. The summed E-state index contributed by atoms with van der Waals surface area (Å²) in [5.74, 6) is 0.673.